The van der Waals surface area contributed by atoms with Crippen LogP contribution in [0, 0.1) is 0 Å². The van der Waals surface area contributed by atoms with Crippen LogP contribution in [0.3, 0.4) is 0 Å². The van der Waals surface area contributed by atoms with Gasteiger partial charge in [0.05, 0.1) is 29.0 Å². The van der Waals surface area contributed by atoms with E-state index in [0.717, 1.165) is 4.57 Å². The van der Waals surface area contributed by atoms with Crippen LogP contribution in [-0.4, -0.2) is 37.7 Å². The van der Waals surface area contributed by atoms with Crippen LogP contribution < -0.4 is 16.1 Å². The summed E-state index contributed by atoms with van der Waals surface area (Å²) in [4.78, 5) is 53.6. The highest BCUT2D eigenvalue weighted by molar-refractivity contribution is 14.1. The molecule has 2 aromatic carbocycles. The van der Waals surface area contributed by atoms with Crippen LogP contribution >= 0.6 is 22.6 Å². The Morgan fingerprint density at radius 3 is 2.49 bits per heavy atom. The number of para-hydroxylation sites is 2. The molecule has 0 spiro atoms. The number of hydrogen-bond donors (Lipinski definition) is 1. The van der Waals surface area contributed by atoms with Crippen LogP contribution in [0.4, 0.5) is 0 Å². The fraction of sp³-hybridized carbons (Fsp3) is 0.185. The SMILES string of the molecule is COc1cccc([C@H]2C3=CCn4c(=O)n(-c5ccccc5)c(=O)n4[C@@H]3CC3=C2C(=O)C(I)=CC3=O)c1O. The third-order valence-electron chi connectivity index (χ3n) is 7.18. The first-order valence-corrected chi connectivity index (χ1v) is 12.7. The van der Waals surface area contributed by atoms with Gasteiger partial charge in [-0.25, -0.2) is 23.5 Å². The fourth-order valence-corrected chi connectivity index (χ4v) is 6.13. The van der Waals surface area contributed by atoms with Gasteiger partial charge < -0.3 is 9.84 Å². The second-order valence-corrected chi connectivity index (χ2v) is 10.2. The number of ketones is 2. The molecule has 3 aromatic rings. The average Bonchev–Trinajstić information content (AvgIpc) is 3.16. The van der Waals surface area contributed by atoms with Gasteiger partial charge in [-0.3, -0.25) is 9.59 Å². The molecule has 2 aliphatic carbocycles. The maximum absolute atomic E-state index is 13.7. The maximum Gasteiger partial charge on any atom is 0.352 e. The number of ether oxygens (including phenoxy) is 1. The highest BCUT2D eigenvalue weighted by Gasteiger charge is 2.46. The number of rotatable bonds is 3. The molecule has 37 heavy (non-hydrogen) atoms. The number of methoxy groups -OCH3 is 1. The van der Waals surface area contributed by atoms with E-state index in [1.807, 2.05) is 28.7 Å². The first kappa shape index (κ1) is 23.5. The van der Waals surface area contributed by atoms with Crippen molar-refractivity contribution in [3.8, 4) is 17.2 Å². The highest BCUT2D eigenvalue weighted by atomic mass is 127. The van der Waals surface area contributed by atoms with Crippen LogP contribution in [0.15, 0.2) is 90.6 Å². The number of nitrogens with zero attached hydrogens (tertiary/aromatic N) is 3. The number of carbonyl (C=O) groups excluding carboxylic acids is 2. The zero-order valence-corrected chi connectivity index (χ0v) is 21.7. The van der Waals surface area contributed by atoms with Crippen molar-refractivity contribution in [3.05, 3.63) is 108 Å². The number of carbonyl (C=O) groups is 2. The fourth-order valence-electron chi connectivity index (χ4n) is 5.56. The summed E-state index contributed by atoms with van der Waals surface area (Å²) >= 11 is 1.85. The van der Waals surface area contributed by atoms with Crippen molar-refractivity contribution in [2.75, 3.05) is 7.11 Å². The summed E-state index contributed by atoms with van der Waals surface area (Å²) in [5, 5.41) is 11.1. The third kappa shape index (κ3) is 3.35. The molecule has 0 unspecified atom stereocenters. The van der Waals surface area contributed by atoms with E-state index in [-0.39, 0.29) is 50.8 Å². The molecule has 2 heterocycles. The molecule has 3 aliphatic rings. The van der Waals surface area contributed by atoms with Gasteiger partial charge in [0.15, 0.2) is 23.1 Å². The minimum Gasteiger partial charge on any atom is -0.504 e. The highest BCUT2D eigenvalue weighted by Crippen LogP contribution is 2.52. The van der Waals surface area contributed by atoms with Gasteiger partial charge >= 0.3 is 11.4 Å². The van der Waals surface area contributed by atoms with Crippen molar-refractivity contribution in [2.24, 2.45) is 0 Å². The van der Waals surface area contributed by atoms with Gasteiger partial charge in [0, 0.05) is 35.1 Å². The van der Waals surface area contributed by atoms with Gasteiger partial charge in [0.1, 0.15) is 0 Å². The molecule has 0 fully saturated rings. The number of fused-ring (bicyclic) bond motifs is 3. The number of phenols is 1. The van der Waals surface area contributed by atoms with Crippen LogP contribution in [0.1, 0.15) is 23.9 Å². The van der Waals surface area contributed by atoms with Gasteiger partial charge in [-0.15, -0.1) is 0 Å². The Balaban J connectivity index is 1.61. The van der Waals surface area contributed by atoms with Gasteiger partial charge in [-0.05, 0) is 46.4 Å². The van der Waals surface area contributed by atoms with Crippen molar-refractivity contribution < 1.29 is 19.4 Å². The van der Waals surface area contributed by atoms with Crippen LogP contribution in [-0.2, 0) is 16.1 Å². The zero-order chi connectivity index (χ0) is 26.0. The molecule has 10 heteroatoms. The summed E-state index contributed by atoms with van der Waals surface area (Å²) in [7, 11) is 1.43. The number of aromatic hydroxyl groups is 1. The van der Waals surface area contributed by atoms with Crippen LogP contribution in [0.2, 0.25) is 0 Å². The van der Waals surface area contributed by atoms with E-state index in [2.05, 4.69) is 0 Å². The molecule has 6 rings (SSSR count). The number of halogens is 1. The zero-order valence-electron chi connectivity index (χ0n) is 19.6. The van der Waals surface area contributed by atoms with E-state index in [4.69, 9.17) is 4.74 Å². The number of benzene rings is 2. The summed E-state index contributed by atoms with van der Waals surface area (Å²) in [5.74, 6) is -1.33. The van der Waals surface area contributed by atoms with Crippen molar-refractivity contribution in [1.29, 1.82) is 0 Å². The average molecular weight is 609 g/mol. The van der Waals surface area contributed by atoms with E-state index in [1.54, 1.807) is 48.5 Å². The van der Waals surface area contributed by atoms with Crippen LogP contribution in [0.25, 0.3) is 5.69 Å². The smallest absolute Gasteiger partial charge is 0.352 e. The number of allylic oxidation sites excluding steroid dienone is 6. The quantitative estimate of drug-likeness (QED) is 0.278. The standard InChI is InChI=1S/C27H20IN3O6/c1-37-21-9-5-8-16(24(21)33)22-15-10-11-29-26(35)30(14-6-3-2-4-7-14)27(36)31(29)19(15)12-17-20(32)13-18(28)25(34)23(17)22/h2-10,13,19,22,33H,11-12H2,1H3/t19-,22-/m1/s1. The first-order valence-electron chi connectivity index (χ1n) is 11.6. The minimum atomic E-state index is -0.797. The van der Waals surface area contributed by atoms with Crippen molar-refractivity contribution in [2.45, 2.75) is 24.9 Å². The normalized spacial score (nSPS) is 20.6. The molecule has 1 aliphatic heterocycles. The molecule has 2 atom stereocenters. The molecule has 0 saturated heterocycles. The molecule has 0 amide bonds. The van der Waals surface area contributed by atoms with E-state index in [1.165, 1.54) is 22.5 Å². The Bertz CT molecular complexity index is 1720. The maximum atomic E-state index is 13.7. The van der Waals surface area contributed by atoms with Gasteiger partial charge in [0.25, 0.3) is 0 Å². The van der Waals surface area contributed by atoms with Gasteiger partial charge in [-0.1, -0.05) is 36.4 Å². The summed E-state index contributed by atoms with van der Waals surface area (Å²) in [6.45, 7) is 0.0959. The number of hydrogen-bond acceptors (Lipinski definition) is 6. The molecule has 0 radical (unpaired) electrons. The lowest BCUT2D eigenvalue weighted by Gasteiger charge is -2.39. The Morgan fingerprint density at radius 1 is 1.00 bits per heavy atom. The lowest BCUT2D eigenvalue weighted by Crippen LogP contribution is -2.40. The Morgan fingerprint density at radius 2 is 1.76 bits per heavy atom. The number of phenolic OH excluding ortho intramolecular Hbond substituents is 1. The number of aromatic nitrogens is 3. The second-order valence-electron chi connectivity index (χ2n) is 9.00. The van der Waals surface area contributed by atoms with E-state index in [0.29, 0.717) is 16.8 Å². The van der Waals surface area contributed by atoms with Gasteiger partial charge in [-0.2, -0.15) is 0 Å². The topological polar surface area (TPSA) is 113 Å². The molecular weight excluding hydrogens is 589 g/mol. The van der Waals surface area contributed by atoms with Crippen LogP contribution in [0.5, 0.6) is 11.5 Å². The monoisotopic (exact) mass is 609 g/mol. The molecule has 9 nitrogen and oxygen atoms in total. The van der Waals surface area contributed by atoms with Gasteiger partial charge in [0.2, 0.25) is 0 Å². The Labute approximate surface area is 223 Å². The van der Waals surface area contributed by atoms with E-state index >= 15 is 0 Å². The predicted octanol–water partition coefficient (Wildman–Crippen LogP) is 2.95. The Kier molecular flexibility index (Phi) is 5.44. The van der Waals surface area contributed by atoms with Crippen molar-refractivity contribution in [1.82, 2.24) is 13.9 Å². The second kappa shape index (κ2) is 8.58. The summed E-state index contributed by atoms with van der Waals surface area (Å²) in [5.41, 5.74) is 1.03. The lowest BCUT2D eigenvalue weighted by molar-refractivity contribution is -0.115. The molecule has 0 bridgehead atoms. The molecule has 1 aromatic heterocycles. The van der Waals surface area contributed by atoms with Crippen molar-refractivity contribution >= 4 is 34.2 Å². The Hall–Kier alpha value is -3.93. The molecular formula is C27H20IN3O6. The van der Waals surface area contributed by atoms with E-state index in [9.17, 15) is 24.3 Å². The van der Waals surface area contributed by atoms with E-state index < -0.39 is 23.3 Å². The molecule has 186 valence electrons. The third-order valence-corrected chi connectivity index (χ3v) is 7.98. The largest absolute Gasteiger partial charge is 0.504 e. The molecule has 0 saturated carbocycles. The minimum absolute atomic E-state index is 0.0749. The first-order chi connectivity index (χ1) is 17.8. The molecule has 1 N–H and O–H groups in total. The summed E-state index contributed by atoms with van der Waals surface area (Å²) in [6, 6.07) is 12.9. The lowest BCUT2D eigenvalue weighted by atomic mass is 9.68. The summed E-state index contributed by atoms with van der Waals surface area (Å²) in [6.07, 6.45) is 3.19. The predicted molar refractivity (Wildman–Crippen MR) is 143 cm³/mol. The number of Topliss-reactive ketones (excluding diaryl/α,β-unsaturated/α-hetero) is 1. The van der Waals surface area contributed by atoms with Crippen molar-refractivity contribution in [3.63, 3.8) is 0 Å². The summed E-state index contributed by atoms with van der Waals surface area (Å²) < 4.78 is 9.43.